The largest absolute Gasteiger partial charge is 0.347 e. The second-order valence-electron chi connectivity index (χ2n) is 6.95. The Kier molecular flexibility index (Phi) is 4.06. The molecule has 0 saturated heterocycles. The van der Waals surface area contributed by atoms with Crippen LogP contribution in [-0.4, -0.2) is 41.7 Å². The van der Waals surface area contributed by atoms with E-state index in [0.717, 1.165) is 11.4 Å². The third kappa shape index (κ3) is 2.69. The first-order valence-electron chi connectivity index (χ1n) is 8.83. The summed E-state index contributed by atoms with van der Waals surface area (Å²) in [6.07, 6.45) is 5.39. The van der Waals surface area contributed by atoms with Crippen molar-refractivity contribution < 1.29 is 4.79 Å². The number of amides is 1. The molecule has 4 heterocycles. The van der Waals surface area contributed by atoms with Crippen molar-refractivity contribution in [2.24, 2.45) is 13.0 Å². The Hall–Kier alpha value is -2.96. The molecule has 0 radical (unpaired) electrons. The van der Waals surface area contributed by atoms with E-state index in [1.165, 1.54) is 0 Å². The van der Waals surface area contributed by atoms with Crippen LogP contribution in [0.4, 0.5) is 0 Å². The van der Waals surface area contributed by atoms with Gasteiger partial charge in [0.2, 0.25) is 0 Å². The first-order valence-corrected chi connectivity index (χ1v) is 8.83. The van der Waals surface area contributed by atoms with Gasteiger partial charge in [0.25, 0.3) is 5.91 Å². The molecule has 1 aliphatic heterocycles. The highest BCUT2D eigenvalue weighted by Gasteiger charge is 2.36. The van der Waals surface area contributed by atoms with Gasteiger partial charge in [-0.05, 0) is 30.2 Å². The molecule has 4 rings (SSSR count). The number of carbonyl (C=O) groups excluding carboxylic acids is 1. The average Bonchev–Trinajstić information content (AvgIpc) is 3.26. The van der Waals surface area contributed by atoms with E-state index in [4.69, 9.17) is 4.98 Å². The molecule has 0 bridgehead atoms. The zero-order valence-corrected chi connectivity index (χ0v) is 15.2. The van der Waals surface area contributed by atoms with Crippen molar-refractivity contribution in [3.05, 3.63) is 54.4 Å². The number of pyridine rings is 1. The lowest BCUT2D eigenvalue weighted by Gasteiger charge is -2.37. The lowest BCUT2D eigenvalue weighted by atomic mass is 9.99. The van der Waals surface area contributed by atoms with Gasteiger partial charge >= 0.3 is 0 Å². The summed E-state index contributed by atoms with van der Waals surface area (Å²) in [5.41, 5.74) is 1.58. The van der Waals surface area contributed by atoms with Gasteiger partial charge in [0.05, 0.1) is 12.6 Å². The molecule has 3 aromatic rings. The van der Waals surface area contributed by atoms with Crippen LogP contribution in [0.15, 0.2) is 42.9 Å². The van der Waals surface area contributed by atoms with Crippen LogP contribution in [0, 0.1) is 5.92 Å². The zero-order chi connectivity index (χ0) is 18.3. The molecule has 0 spiro atoms. The van der Waals surface area contributed by atoms with Gasteiger partial charge in [-0.25, -0.2) is 9.67 Å². The van der Waals surface area contributed by atoms with Crippen LogP contribution in [-0.2, 0) is 13.6 Å². The highest BCUT2D eigenvalue weighted by atomic mass is 16.2. The minimum atomic E-state index is -0.107. The molecule has 7 nitrogen and oxygen atoms in total. The number of hydrogen-bond donors (Lipinski definition) is 0. The molecule has 1 aliphatic rings. The van der Waals surface area contributed by atoms with E-state index in [9.17, 15) is 4.79 Å². The minimum absolute atomic E-state index is 0.0355. The molecule has 26 heavy (non-hydrogen) atoms. The summed E-state index contributed by atoms with van der Waals surface area (Å²) < 4.78 is 3.79. The number of nitrogens with zero attached hydrogens (tertiary/aromatic N) is 6. The van der Waals surface area contributed by atoms with Gasteiger partial charge in [0, 0.05) is 37.7 Å². The molecule has 1 atom stereocenters. The number of hydrogen-bond acceptors (Lipinski definition) is 4. The molecule has 0 unspecified atom stereocenters. The lowest BCUT2D eigenvalue weighted by molar-refractivity contribution is 0.0527. The first kappa shape index (κ1) is 16.5. The third-order valence-corrected chi connectivity index (χ3v) is 4.83. The van der Waals surface area contributed by atoms with Crippen LogP contribution >= 0.6 is 0 Å². The van der Waals surface area contributed by atoms with Gasteiger partial charge < -0.3 is 9.47 Å². The van der Waals surface area contributed by atoms with Crippen LogP contribution in [0.2, 0.25) is 0 Å². The van der Waals surface area contributed by atoms with E-state index in [2.05, 4.69) is 23.9 Å². The van der Waals surface area contributed by atoms with E-state index in [1.807, 2.05) is 51.7 Å². The Labute approximate surface area is 152 Å². The highest BCUT2D eigenvalue weighted by molar-refractivity contribution is 5.93. The van der Waals surface area contributed by atoms with Crippen molar-refractivity contribution in [3.8, 4) is 11.4 Å². The Morgan fingerprint density at radius 3 is 2.73 bits per heavy atom. The molecule has 0 aromatic carbocycles. The summed E-state index contributed by atoms with van der Waals surface area (Å²) in [6, 6.07) is 7.47. The van der Waals surface area contributed by atoms with Crippen LogP contribution in [0.5, 0.6) is 0 Å². The van der Waals surface area contributed by atoms with Crippen molar-refractivity contribution in [1.29, 1.82) is 0 Å². The van der Waals surface area contributed by atoms with Crippen LogP contribution < -0.4 is 0 Å². The SMILES string of the molecule is CC(C)[C@@H]1c2nc(-c3cccnc3)nn2CCN1C(=O)c1cccn1C. The van der Waals surface area contributed by atoms with E-state index in [0.29, 0.717) is 24.6 Å². The van der Waals surface area contributed by atoms with Crippen LogP contribution in [0.25, 0.3) is 11.4 Å². The Morgan fingerprint density at radius 1 is 1.23 bits per heavy atom. The molecule has 134 valence electrons. The Balaban J connectivity index is 1.73. The van der Waals surface area contributed by atoms with Crippen molar-refractivity contribution >= 4 is 5.91 Å². The maximum absolute atomic E-state index is 13.1. The van der Waals surface area contributed by atoms with Crippen LogP contribution in [0.1, 0.15) is 36.2 Å². The molecule has 3 aromatic heterocycles. The predicted octanol–water partition coefficient (Wildman–Crippen LogP) is 2.53. The Bertz CT molecular complexity index is 927. The monoisotopic (exact) mass is 350 g/mol. The van der Waals surface area contributed by atoms with Gasteiger partial charge in [-0.2, -0.15) is 5.10 Å². The van der Waals surface area contributed by atoms with E-state index in [1.54, 1.807) is 12.4 Å². The summed E-state index contributed by atoms with van der Waals surface area (Å²) in [5, 5.41) is 4.65. The van der Waals surface area contributed by atoms with Gasteiger partial charge in [0.1, 0.15) is 5.69 Å². The molecular weight excluding hydrogens is 328 g/mol. The van der Waals surface area contributed by atoms with Crippen molar-refractivity contribution in [1.82, 2.24) is 29.2 Å². The van der Waals surface area contributed by atoms with Gasteiger partial charge in [-0.3, -0.25) is 9.78 Å². The van der Waals surface area contributed by atoms with Gasteiger partial charge in [0.15, 0.2) is 11.6 Å². The lowest BCUT2D eigenvalue weighted by Crippen LogP contribution is -2.45. The molecule has 0 saturated carbocycles. The Morgan fingerprint density at radius 2 is 2.08 bits per heavy atom. The quantitative estimate of drug-likeness (QED) is 0.728. The number of fused-ring (bicyclic) bond motifs is 1. The summed E-state index contributed by atoms with van der Waals surface area (Å²) in [7, 11) is 1.89. The van der Waals surface area contributed by atoms with Crippen LogP contribution in [0.3, 0.4) is 0 Å². The van der Waals surface area contributed by atoms with Gasteiger partial charge in [-0.1, -0.05) is 13.8 Å². The van der Waals surface area contributed by atoms with Crippen molar-refractivity contribution in [3.63, 3.8) is 0 Å². The molecule has 0 N–H and O–H groups in total. The number of aromatic nitrogens is 5. The maximum Gasteiger partial charge on any atom is 0.271 e. The molecular formula is C19H22N6O. The zero-order valence-electron chi connectivity index (χ0n) is 15.2. The van der Waals surface area contributed by atoms with E-state index < -0.39 is 0 Å². The fourth-order valence-corrected chi connectivity index (χ4v) is 3.55. The topological polar surface area (TPSA) is 68.8 Å². The summed E-state index contributed by atoms with van der Waals surface area (Å²) in [6.45, 7) is 5.49. The molecule has 0 aliphatic carbocycles. The first-order chi connectivity index (χ1) is 12.6. The molecule has 0 fully saturated rings. The fraction of sp³-hybridized carbons (Fsp3) is 0.368. The second-order valence-corrected chi connectivity index (χ2v) is 6.95. The average molecular weight is 350 g/mol. The summed E-state index contributed by atoms with van der Waals surface area (Å²) in [4.78, 5) is 24.0. The minimum Gasteiger partial charge on any atom is -0.347 e. The second kappa shape index (κ2) is 6.40. The number of carbonyl (C=O) groups is 1. The highest BCUT2D eigenvalue weighted by Crippen LogP contribution is 2.33. The summed E-state index contributed by atoms with van der Waals surface area (Å²) in [5.74, 6) is 1.76. The maximum atomic E-state index is 13.1. The summed E-state index contributed by atoms with van der Waals surface area (Å²) >= 11 is 0. The van der Waals surface area contributed by atoms with Crippen molar-refractivity contribution in [2.75, 3.05) is 6.54 Å². The normalized spacial score (nSPS) is 16.8. The van der Waals surface area contributed by atoms with E-state index >= 15 is 0 Å². The number of aryl methyl sites for hydroxylation is 1. The van der Waals surface area contributed by atoms with Gasteiger partial charge in [-0.15, -0.1) is 0 Å². The number of rotatable bonds is 3. The predicted molar refractivity (Wildman–Crippen MR) is 97.3 cm³/mol. The third-order valence-electron chi connectivity index (χ3n) is 4.83. The molecule has 7 heteroatoms. The standard InChI is InChI=1S/C19H22N6O/c1-13(2)16-18-21-17(14-6-4-8-20-12-14)22-25(18)11-10-24(16)19(26)15-7-5-9-23(15)3/h4-9,12-13,16H,10-11H2,1-3H3/t16-/m1/s1. The fourth-order valence-electron chi connectivity index (χ4n) is 3.55. The molecule has 1 amide bonds. The van der Waals surface area contributed by atoms with Crippen molar-refractivity contribution in [2.45, 2.75) is 26.4 Å². The van der Waals surface area contributed by atoms with E-state index in [-0.39, 0.29) is 17.9 Å². The smallest absolute Gasteiger partial charge is 0.271 e.